The second kappa shape index (κ2) is 8.35. The van der Waals surface area contributed by atoms with Gasteiger partial charge in [0.25, 0.3) is 0 Å². The molecule has 0 saturated carbocycles. The highest BCUT2D eigenvalue weighted by molar-refractivity contribution is 6.35. The third-order valence-corrected chi connectivity index (χ3v) is 3.28. The van der Waals surface area contributed by atoms with Crippen LogP contribution in [0, 0.1) is 0 Å². The number of nitrogens with zero attached hydrogens (tertiary/aromatic N) is 1. The van der Waals surface area contributed by atoms with Gasteiger partial charge in [-0.2, -0.15) is 0 Å². The van der Waals surface area contributed by atoms with Gasteiger partial charge in [-0.05, 0) is 12.1 Å². The molecule has 0 aliphatic carbocycles. The van der Waals surface area contributed by atoms with Crippen LogP contribution in [0.15, 0.2) is 24.3 Å². The van der Waals surface area contributed by atoms with E-state index in [0.717, 1.165) is 4.90 Å². The van der Waals surface area contributed by atoms with Gasteiger partial charge in [0.2, 0.25) is 0 Å². The minimum atomic E-state index is -0.811. The largest absolute Gasteiger partial charge is 0.486 e. The Hall–Kier alpha value is -2.32. The van der Waals surface area contributed by atoms with Crippen LogP contribution in [0.3, 0.4) is 0 Å². The van der Waals surface area contributed by atoms with Gasteiger partial charge in [-0.3, -0.25) is 9.59 Å². The molecule has 0 bridgehead atoms. The molecule has 1 aliphatic rings. The van der Waals surface area contributed by atoms with Crippen molar-refractivity contribution in [1.82, 2.24) is 10.2 Å². The van der Waals surface area contributed by atoms with Crippen LogP contribution >= 0.6 is 0 Å². The maximum absolute atomic E-state index is 11.9. The SMILES string of the molecule is O=C(NCC1COc2ccccc2O1)C(=O)N(CCO)CCO. The van der Waals surface area contributed by atoms with Crippen molar-refractivity contribution < 1.29 is 29.3 Å². The molecule has 126 valence electrons. The number of aliphatic hydroxyl groups excluding tert-OH is 2. The molecule has 8 nitrogen and oxygen atoms in total. The first kappa shape index (κ1) is 17.0. The van der Waals surface area contributed by atoms with Crippen molar-refractivity contribution in [3.05, 3.63) is 24.3 Å². The first-order valence-electron chi connectivity index (χ1n) is 7.33. The average Bonchev–Trinajstić information content (AvgIpc) is 2.58. The molecule has 1 aromatic carbocycles. The lowest BCUT2D eigenvalue weighted by Gasteiger charge is -2.27. The molecule has 1 aliphatic heterocycles. The summed E-state index contributed by atoms with van der Waals surface area (Å²) in [6.45, 7) is -0.204. The van der Waals surface area contributed by atoms with E-state index in [0.29, 0.717) is 11.5 Å². The van der Waals surface area contributed by atoms with E-state index in [-0.39, 0.29) is 39.5 Å². The van der Waals surface area contributed by atoms with Crippen molar-refractivity contribution in [1.29, 1.82) is 0 Å². The highest BCUT2D eigenvalue weighted by atomic mass is 16.6. The van der Waals surface area contributed by atoms with Crippen molar-refractivity contribution in [2.24, 2.45) is 0 Å². The van der Waals surface area contributed by atoms with E-state index >= 15 is 0 Å². The van der Waals surface area contributed by atoms with Gasteiger partial charge in [-0.15, -0.1) is 0 Å². The van der Waals surface area contributed by atoms with E-state index in [1.807, 2.05) is 12.1 Å². The lowest BCUT2D eigenvalue weighted by atomic mass is 10.2. The Balaban J connectivity index is 1.83. The normalized spacial score (nSPS) is 15.8. The van der Waals surface area contributed by atoms with Gasteiger partial charge in [-0.1, -0.05) is 12.1 Å². The van der Waals surface area contributed by atoms with Gasteiger partial charge in [-0.25, -0.2) is 0 Å². The lowest BCUT2D eigenvalue weighted by molar-refractivity contribution is -0.146. The van der Waals surface area contributed by atoms with Crippen LogP contribution in [0.4, 0.5) is 0 Å². The molecular weight excluding hydrogens is 304 g/mol. The van der Waals surface area contributed by atoms with E-state index in [1.165, 1.54) is 0 Å². The van der Waals surface area contributed by atoms with Crippen molar-refractivity contribution in [3.63, 3.8) is 0 Å². The molecule has 2 amide bonds. The number of ether oxygens (including phenoxy) is 2. The van der Waals surface area contributed by atoms with Gasteiger partial charge in [0.15, 0.2) is 11.5 Å². The number of amides is 2. The van der Waals surface area contributed by atoms with Crippen LogP contribution in [0.2, 0.25) is 0 Å². The predicted molar refractivity (Wildman–Crippen MR) is 80.1 cm³/mol. The van der Waals surface area contributed by atoms with Crippen LogP contribution in [0.5, 0.6) is 11.5 Å². The number of nitrogens with one attached hydrogen (secondary N) is 1. The van der Waals surface area contributed by atoms with Gasteiger partial charge in [0.05, 0.1) is 19.8 Å². The van der Waals surface area contributed by atoms with Crippen LogP contribution in [-0.4, -0.2) is 72.5 Å². The van der Waals surface area contributed by atoms with E-state index in [1.54, 1.807) is 12.1 Å². The first-order valence-corrected chi connectivity index (χ1v) is 7.33. The molecule has 0 spiro atoms. The maximum atomic E-state index is 11.9. The fraction of sp³-hybridized carbons (Fsp3) is 0.467. The maximum Gasteiger partial charge on any atom is 0.312 e. The quantitative estimate of drug-likeness (QED) is 0.565. The monoisotopic (exact) mass is 324 g/mol. The Bertz CT molecular complexity index is 545. The summed E-state index contributed by atoms with van der Waals surface area (Å²) < 4.78 is 11.2. The highest BCUT2D eigenvalue weighted by Gasteiger charge is 2.25. The van der Waals surface area contributed by atoms with Crippen molar-refractivity contribution in [2.75, 3.05) is 39.5 Å². The topological polar surface area (TPSA) is 108 Å². The van der Waals surface area contributed by atoms with Crippen molar-refractivity contribution >= 4 is 11.8 Å². The molecule has 23 heavy (non-hydrogen) atoms. The number of carbonyl (C=O) groups is 2. The summed E-state index contributed by atoms with van der Waals surface area (Å²) in [5.74, 6) is -0.380. The average molecular weight is 324 g/mol. The highest BCUT2D eigenvalue weighted by Crippen LogP contribution is 2.30. The molecule has 0 fully saturated rings. The third kappa shape index (κ3) is 4.57. The van der Waals surface area contributed by atoms with E-state index in [9.17, 15) is 9.59 Å². The summed E-state index contributed by atoms with van der Waals surface area (Å²) in [6, 6.07) is 7.20. The van der Waals surface area contributed by atoms with Crippen LogP contribution < -0.4 is 14.8 Å². The number of aliphatic hydroxyl groups is 2. The Morgan fingerprint density at radius 2 is 1.83 bits per heavy atom. The Labute approximate surface area is 133 Å². The van der Waals surface area contributed by atoms with Crippen LogP contribution in [0.25, 0.3) is 0 Å². The van der Waals surface area contributed by atoms with Gasteiger partial charge < -0.3 is 29.9 Å². The molecule has 8 heteroatoms. The number of hydrogen-bond acceptors (Lipinski definition) is 6. The van der Waals surface area contributed by atoms with Gasteiger partial charge in [0.1, 0.15) is 12.7 Å². The second-order valence-corrected chi connectivity index (χ2v) is 4.95. The minimum absolute atomic E-state index is 0.0107. The van der Waals surface area contributed by atoms with E-state index in [4.69, 9.17) is 19.7 Å². The summed E-state index contributed by atoms with van der Waals surface area (Å²) in [5.41, 5.74) is 0. The summed E-state index contributed by atoms with van der Waals surface area (Å²) in [4.78, 5) is 24.9. The molecule has 1 unspecified atom stereocenters. The van der Waals surface area contributed by atoms with E-state index < -0.39 is 17.9 Å². The lowest BCUT2D eigenvalue weighted by Crippen LogP contribution is -2.48. The second-order valence-electron chi connectivity index (χ2n) is 4.95. The number of fused-ring (bicyclic) bond motifs is 1. The van der Waals surface area contributed by atoms with Crippen molar-refractivity contribution in [3.8, 4) is 11.5 Å². The molecule has 1 atom stereocenters. The molecule has 0 saturated heterocycles. The number of hydrogen-bond donors (Lipinski definition) is 3. The van der Waals surface area contributed by atoms with Gasteiger partial charge >= 0.3 is 11.8 Å². The Morgan fingerprint density at radius 1 is 1.17 bits per heavy atom. The standard InChI is InChI=1S/C15H20N2O6/c18-7-5-17(6-8-19)15(21)14(20)16-9-11-10-22-12-3-1-2-4-13(12)23-11/h1-4,11,18-19H,5-10H2,(H,16,20). The number of rotatable bonds is 6. The zero-order chi connectivity index (χ0) is 16.7. The summed E-state index contributed by atoms with van der Waals surface area (Å²) >= 11 is 0. The molecule has 2 rings (SSSR count). The van der Waals surface area contributed by atoms with E-state index in [2.05, 4.69) is 5.32 Å². The summed E-state index contributed by atoms with van der Waals surface area (Å²) in [7, 11) is 0. The number of benzene rings is 1. The fourth-order valence-electron chi connectivity index (χ4n) is 2.15. The van der Waals surface area contributed by atoms with Gasteiger partial charge in [0, 0.05) is 13.1 Å². The molecule has 3 N–H and O–H groups in total. The fourth-order valence-corrected chi connectivity index (χ4v) is 2.15. The smallest absolute Gasteiger partial charge is 0.312 e. The molecule has 1 heterocycles. The minimum Gasteiger partial charge on any atom is -0.486 e. The summed E-state index contributed by atoms with van der Waals surface area (Å²) in [6.07, 6.45) is -0.397. The molecule has 1 aromatic rings. The zero-order valence-electron chi connectivity index (χ0n) is 12.6. The molecule has 0 aromatic heterocycles. The zero-order valence-corrected chi connectivity index (χ0v) is 12.6. The number of para-hydroxylation sites is 2. The molecule has 0 radical (unpaired) electrons. The Morgan fingerprint density at radius 3 is 2.48 bits per heavy atom. The van der Waals surface area contributed by atoms with Crippen molar-refractivity contribution in [2.45, 2.75) is 6.10 Å². The summed E-state index contributed by atoms with van der Waals surface area (Å²) in [5, 5.41) is 20.2. The third-order valence-electron chi connectivity index (χ3n) is 3.28. The first-order chi connectivity index (χ1) is 11.2. The number of carbonyl (C=O) groups excluding carboxylic acids is 2. The predicted octanol–water partition coefficient (Wildman–Crippen LogP) is -1.24. The van der Waals surface area contributed by atoms with Crippen LogP contribution in [0.1, 0.15) is 0 Å². The van der Waals surface area contributed by atoms with Crippen LogP contribution in [-0.2, 0) is 9.59 Å². The molecular formula is C15H20N2O6. The Kier molecular flexibility index (Phi) is 6.19.